The molecule has 1 aliphatic heterocycles. The van der Waals surface area contributed by atoms with Crippen molar-refractivity contribution in [3.8, 4) is 0 Å². The number of amides is 4. The molecule has 0 atom stereocenters. The Morgan fingerprint density at radius 1 is 1.26 bits per heavy atom. The predicted molar refractivity (Wildman–Crippen MR) is 67.2 cm³/mol. The SMILES string of the molecule is CC(C)OCCCCN1C(=O)NC(=O)C2(CC2)C1=O. The average molecular weight is 268 g/mol. The van der Waals surface area contributed by atoms with E-state index in [2.05, 4.69) is 5.32 Å². The highest BCUT2D eigenvalue weighted by Gasteiger charge is 2.61. The predicted octanol–water partition coefficient (Wildman–Crippen LogP) is 1.05. The van der Waals surface area contributed by atoms with Gasteiger partial charge in [0, 0.05) is 13.2 Å². The van der Waals surface area contributed by atoms with Crippen molar-refractivity contribution >= 4 is 17.8 Å². The highest BCUT2D eigenvalue weighted by atomic mass is 16.5. The van der Waals surface area contributed by atoms with Gasteiger partial charge in [0.25, 0.3) is 0 Å². The number of nitrogens with zero attached hydrogens (tertiary/aromatic N) is 1. The van der Waals surface area contributed by atoms with Gasteiger partial charge in [-0.15, -0.1) is 0 Å². The van der Waals surface area contributed by atoms with Crippen molar-refractivity contribution in [2.75, 3.05) is 13.2 Å². The molecule has 2 rings (SSSR count). The van der Waals surface area contributed by atoms with Crippen LogP contribution in [-0.2, 0) is 14.3 Å². The van der Waals surface area contributed by atoms with Crippen LogP contribution in [0.1, 0.15) is 39.5 Å². The summed E-state index contributed by atoms with van der Waals surface area (Å²) in [7, 11) is 0. The van der Waals surface area contributed by atoms with Gasteiger partial charge in [-0.3, -0.25) is 19.8 Å². The normalized spacial score (nSPS) is 21.2. The molecule has 0 aromatic carbocycles. The van der Waals surface area contributed by atoms with Crippen LogP contribution in [0, 0.1) is 5.41 Å². The molecule has 1 spiro atoms. The Kier molecular flexibility index (Phi) is 3.89. The van der Waals surface area contributed by atoms with E-state index in [-0.39, 0.29) is 12.0 Å². The van der Waals surface area contributed by atoms with E-state index in [1.807, 2.05) is 13.8 Å². The number of imide groups is 2. The molecule has 1 N–H and O–H groups in total. The van der Waals surface area contributed by atoms with E-state index in [0.717, 1.165) is 6.42 Å². The van der Waals surface area contributed by atoms with Crippen LogP contribution in [0.5, 0.6) is 0 Å². The van der Waals surface area contributed by atoms with E-state index < -0.39 is 17.4 Å². The van der Waals surface area contributed by atoms with Crippen LogP contribution in [-0.4, -0.2) is 42.0 Å². The smallest absolute Gasteiger partial charge is 0.330 e. The second-order valence-electron chi connectivity index (χ2n) is 5.42. The molecule has 106 valence electrons. The van der Waals surface area contributed by atoms with Crippen molar-refractivity contribution in [2.45, 2.75) is 45.6 Å². The molecule has 0 aromatic heterocycles. The van der Waals surface area contributed by atoms with Crippen molar-refractivity contribution < 1.29 is 19.1 Å². The minimum absolute atomic E-state index is 0.187. The fraction of sp³-hybridized carbons (Fsp3) is 0.769. The van der Waals surface area contributed by atoms with E-state index >= 15 is 0 Å². The third-order valence-corrected chi connectivity index (χ3v) is 3.53. The van der Waals surface area contributed by atoms with Crippen molar-refractivity contribution in [1.82, 2.24) is 10.2 Å². The highest BCUT2D eigenvalue weighted by Crippen LogP contribution is 2.48. The molecule has 2 fully saturated rings. The fourth-order valence-corrected chi connectivity index (χ4v) is 2.19. The summed E-state index contributed by atoms with van der Waals surface area (Å²) in [6, 6.07) is -0.586. The van der Waals surface area contributed by atoms with Crippen molar-refractivity contribution in [1.29, 1.82) is 0 Å². The lowest BCUT2D eigenvalue weighted by Crippen LogP contribution is -2.59. The minimum atomic E-state index is -0.928. The number of rotatable bonds is 6. The van der Waals surface area contributed by atoms with Crippen LogP contribution in [0.2, 0.25) is 0 Å². The second kappa shape index (κ2) is 5.28. The first-order valence-corrected chi connectivity index (χ1v) is 6.76. The number of hydrogen-bond acceptors (Lipinski definition) is 4. The van der Waals surface area contributed by atoms with E-state index in [1.165, 1.54) is 4.90 Å². The molecule has 4 amide bonds. The Labute approximate surface area is 112 Å². The molecular formula is C13H20N2O4. The molecule has 19 heavy (non-hydrogen) atoms. The highest BCUT2D eigenvalue weighted by molar-refractivity contribution is 6.20. The summed E-state index contributed by atoms with van der Waals surface area (Å²) >= 11 is 0. The van der Waals surface area contributed by atoms with Crippen LogP contribution in [0.15, 0.2) is 0 Å². The molecule has 0 radical (unpaired) electrons. The Morgan fingerprint density at radius 2 is 1.95 bits per heavy atom. The first-order valence-electron chi connectivity index (χ1n) is 6.76. The van der Waals surface area contributed by atoms with Crippen LogP contribution in [0.3, 0.4) is 0 Å². The zero-order chi connectivity index (χ0) is 14.0. The number of carbonyl (C=O) groups is 3. The van der Waals surface area contributed by atoms with Crippen molar-refractivity contribution in [2.24, 2.45) is 5.41 Å². The van der Waals surface area contributed by atoms with Gasteiger partial charge >= 0.3 is 6.03 Å². The number of nitrogens with one attached hydrogen (secondary N) is 1. The quantitative estimate of drug-likeness (QED) is 0.577. The van der Waals surface area contributed by atoms with E-state index in [4.69, 9.17) is 4.74 Å². The molecule has 6 heteroatoms. The molecule has 0 bridgehead atoms. The molecule has 1 saturated carbocycles. The Hall–Kier alpha value is -1.43. The maximum absolute atomic E-state index is 12.1. The zero-order valence-corrected chi connectivity index (χ0v) is 11.4. The van der Waals surface area contributed by atoms with Crippen LogP contribution in [0.25, 0.3) is 0 Å². The molecule has 0 unspecified atom stereocenters. The Bertz CT molecular complexity index is 401. The fourth-order valence-electron chi connectivity index (χ4n) is 2.19. The van der Waals surface area contributed by atoms with Gasteiger partial charge < -0.3 is 4.74 Å². The number of hydrogen-bond donors (Lipinski definition) is 1. The van der Waals surface area contributed by atoms with E-state index in [1.54, 1.807) is 0 Å². The van der Waals surface area contributed by atoms with Gasteiger partial charge in [0.2, 0.25) is 11.8 Å². The average Bonchev–Trinajstić information content (AvgIpc) is 3.12. The summed E-state index contributed by atoms with van der Waals surface area (Å²) in [6.07, 6.45) is 2.77. The van der Waals surface area contributed by atoms with Gasteiger partial charge in [0.05, 0.1) is 6.10 Å². The van der Waals surface area contributed by atoms with E-state index in [0.29, 0.717) is 32.4 Å². The second-order valence-corrected chi connectivity index (χ2v) is 5.42. The number of barbiturate groups is 1. The van der Waals surface area contributed by atoms with Gasteiger partial charge in [-0.05, 0) is 39.5 Å². The number of unbranched alkanes of at least 4 members (excludes halogenated alkanes) is 1. The summed E-state index contributed by atoms with van der Waals surface area (Å²) in [5.41, 5.74) is -0.928. The largest absolute Gasteiger partial charge is 0.379 e. The van der Waals surface area contributed by atoms with Crippen LogP contribution < -0.4 is 5.32 Å². The standard InChI is InChI=1S/C13H20N2O4/c1-9(2)19-8-4-3-7-15-11(17)13(5-6-13)10(16)14-12(15)18/h9H,3-8H2,1-2H3,(H,14,16,18). The zero-order valence-electron chi connectivity index (χ0n) is 11.4. The number of urea groups is 1. The van der Waals surface area contributed by atoms with Gasteiger partial charge in [0.15, 0.2) is 0 Å². The molecule has 0 aromatic rings. The summed E-state index contributed by atoms with van der Waals surface area (Å²) in [4.78, 5) is 36.5. The lowest BCUT2D eigenvalue weighted by molar-refractivity contribution is -0.144. The lowest BCUT2D eigenvalue weighted by Gasteiger charge is -2.30. The van der Waals surface area contributed by atoms with Crippen molar-refractivity contribution in [3.63, 3.8) is 0 Å². The molecule has 1 aliphatic carbocycles. The third-order valence-electron chi connectivity index (χ3n) is 3.53. The first kappa shape index (κ1) is 14.0. The molecule has 1 heterocycles. The maximum Gasteiger partial charge on any atom is 0.330 e. The molecule has 2 aliphatic rings. The summed E-state index contributed by atoms with van der Waals surface area (Å²) in [5, 5.41) is 2.27. The maximum atomic E-state index is 12.1. The molecular weight excluding hydrogens is 248 g/mol. The summed E-state index contributed by atoms with van der Waals surface area (Å²) in [6.45, 7) is 4.89. The van der Waals surface area contributed by atoms with Gasteiger partial charge in [0.1, 0.15) is 5.41 Å². The van der Waals surface area contributed by atoms with E-state index in [9.17, 15) is 14.4 Å². The van der Waals surface area contributed by atoms with Gasteiger partial charge in [-0.2, -0.15) is 0 Å². The summed E-state index contributed by atoms with van der Waals surface area (Å²) < 4.78 is 5.40. The summed E-state index contributed by atoms with van der Waals surface area (Å²) in [5.74, 6) is -0.757. The monoisotopic (exact) mass is 268 g/mol. The topological polar surface area (TPSA) is 75.7 Å². The first-order chi connectivity index (χ1) is 8.97. The Balaban J connectivity index is 1.81. The van der Waals surface area contributed by atoms with Crippen molar-refractivity contribution in [3.05, 3.63) is 0 Å². The number of ether oxygens (including phenoxy) is 1. The van der Waals surface area contributed by atoms with Gasteiger partial charge in [-0.25, -0.2) is 4.79 Å². The lowest BCUT2D eigenvalue weighted by atomic mass is 10.0. The third kappa shape index (κ3) is 2.78. The molecule has 1 saturated heterocycles. The number of carbonyl (C=O) groups excluding carboxylic acids is 3. The minimum Gasteiger partial charge on any atom is -0.379 e. The van der Waals surface area contributed by atoms with Gasteiger partial charge in [-0.1, -0.05) is 0 Å². The Morgan fingerprint density at radius 3 is 2.53 bits per heavy atom. The van der Waals surface area contributed by atoms with Crippen LogP contribution >= 0.6 is 0 Å². The molecule has 6 nitrogen and oxygen atoms in total. The van der Waals surface area contributed by atoms with Crippen LogP contribution in [0.4, 0.5) is 4.79 Å².